The van der Waals surface area contributed by atoms with E-state index in [4.69, 9.17) is 9.84 Å². The minimum absolute atomic E-state index is 0.0499. The molecule has 2 heterocycles. The molecule has 0 saturated carbocycles. The highest BCUT2D eigenvalue weighted by molar-refractivity contribution is 9.10. The Morgan fingerprint density at radius 1 is 1.72 bits per heavy atom. The van der Waals surface area contributed by atoms with E-state index in [2.05, 4.69) is 21.2 Å². The summed E-state index contributed by atoms with van der Waals surface area (Å²) in [5.41, 5.74) is -0.414. The number of carbonyl (C=O) groups is 1. The quantitative estimate of drug-likeness (QED) is 0.886. The van der Waals surface area contributed by atoms with Crippen LogP contribution in [0.4, 0.5) is 0 Å². The molecular weight excluding hydrogens is 318 g/mol. The molecule has 1 amide bonds. The molecule has 1 atom stereocenters. The van der Waals surface area contributed by atoms with Gasteiger partial charge >= 0.3 is 0 Å². The average Bonchev–Trinajstić information content (AvgIpc) is 2.86. The molecule has 1 unspecified atom stereocenters. The zero-order chi connectivity index (χ0) is 13.2. The summed E-state index contributed by atoms with van der Waals surface area (Å²) in [4.78, 5) is 14.0. The molecular formula is C12H16BrNO3S. The fourth-order valence-corrected chi connectivity index (χ4v) is 3.83. The van der Waals surface area contributed by atoms with Crippen LogP contribution in [0.1, 0.15) is 27.4 Å². The molecule has 1 aromatic rings. The molecule has 6 heteroatoms. The van der Waals surface area contributed by atoms with Crippen molar-refractivity contribution in [2.75, 3.05) is 19.8 Å². The first-order valence-electron chi connectivity index (χ1n) is 5.83. The second-order valence-corrected chi connectivity index (χ2v) is 6.66. The minimum atomic E-state index is -0.414. The Labute approximate surface area is 118 Å². The summed E-state index contributed by atoms with van der Waals surface area (Å²) >= 11 is 4.85. The number of rotatable bonds is 4. The Hall–Kier alpha value is -0.430. The predicted octanol–water partition coefficient (Wildman–Crippen LogP) is 2.09. The number of hydrogen-bond acceptors (Lipinski definition) is 4. The zero-order valence-corrected chi connectivity index (χ0v) is 12.6. The van der Waals surface area contributed by atoms with E-state index in [1.807, 2.05) is 13.0 Å². The monoisotopic (exact) mass is 333 g/mol. The van der Waals surface area contributed by atoms with Crippen molar-refractivity contribution in [1.29, 1.82) is 0 Å². The molecule has 0 aliphatic carbocycles. The summed E-state index contributed by atoms with van der Waals surface area (Å²) in [7, 11) is 0. The highest BCUT2D eigenvalue weighted by atomic mass is 79.9. The van der Waals surface area contributed by atoms with Gasteiger partial charge in [0.25, 0.3) is 5.91 Å². The SMILES string of the molecule is Cc1cc(Br)c(C(=O)NC2(CCO)CCOC2)s1. The van der Waals surface area contributed by atoms with E-state index in [9.17, 15) is 4.79 Å². The van der Waals surface area contributed by atoms with Crippen LogP contribution in [0.25, 0.3) is 0 Å². The Kier molecular flexibility index (Phi) is 4.42. The summed E-state index contributed by atoms with van der Waals surface area (Å²) < 4.78 is 6.17. The highest BCUT2D eigenvalue weighted by Gasteiger charge is 2.36. The van der Waals surface area contributed by atoms with Gasteiger partial charge in [-0.1, -0.05) is 0 Å². The lowest BCUT2D eigenvalue weighted by molar-refractivity contribution is 0.0854. The number of aliphatic hydroxyl groups excluding tert-OH is 1. The number of hydrogen-bond donors (Lipinski definition) is 2. The molecule has 100 valence electrons. The van der Waals surface area contributed by atoms with Crippen LogP contribution in [0.15, 0.2) is 10.5 Å². The van der Waals surface area contributed by atoms with Crippen molar-refractivity contribution >= 4 is 33.2 Å². The Morgan fingerprint density at radius 3 is 3.00 bits per heavy atom. The van der Waals surface area contributed by atoms with Crippen LogP contribution in [0, 0.1) is 6.92 Å². The van der Waals surface area contributed by atoms with E-state index < -0.39 is 5.54 Å². The Balaban J connectivity index is 2.12. The molecule has 2 rings (SSSR count). The molecule has 2 N–H and O–H groups in total. The molecule has 1 saturated heterocycles. The fraction of sp³-hybridized carbons (Fsp3) is 0.583. The number of nitrogens with one attached hydrogen (secondary N) is 1. The molecule has 18 heavy (non-hydrogen) atoms. The number of thiophene rings is 1. The molecule has 0 aromatic carbocycles. The first-order valence-corrected chi connectivity index (χ1v) is 7.44. The van der Waals surface area contributed by atoms with Gasteiger partial charge in [0.15, 0.2) is 0 Å². The van der Waals surface area contributed by atoms with Crippen molar-refractivity contribution in [3.05, 3.63) is 20.3 Å². The van der Waals surface area contributed by atoms with Crippen molar-refractivity contribution in [1.82, 2.24) is 5.32 Å². The highest BCUT2D eigenvalue weighted by Crippen LogP contribution is 2.29. The number of carbonyl (C=O) groups excluding carboxylic acids is 1. The van der Waals surface area contributed by atoms with Gasteiger partial charge in [-0.25, -0.2) is 0 Å². The van der Waals surface area contributed by atoms with Gasteiger partial charge in [0.05, 0.1) is 12.1 Å². The molecule has 1 fully saturated rings. The minimum Gasteiger partial charge on any atom is -0.396 e. The van der Waals surface area contributed by atoms with Gasteiger partial charge in [0, 0.05) is 22.6 Å². The normalized spacial score (nSPS) is 23.3. The summed E-state index contributed by atoms with van der Waals surface area (Å²) in [5.74, 6) is -0.0982. The third-order valence-electron chi connectivity index (χ3n) is 3.09. The second-order valence-electron chi connectivity index (χ2n) is 4.54. The van der Waals surface area contributed by atoms with Gasteiger partial charge < -0.3 is 15.2 Å². The Morgan fingerprint density at radius 2 is 2.50 bits per heavy atom. The van der Waals surface area contributed by atoms with Crippen LogP contribution in [0.3, 0.4) is 0 Å². The first kappa shape index (κ1) is 14.0. The number of halogens is 1. The van der Waals surface area contributed by atoms with Crippen LogP contribution in [-0.4, -0.2) is 36.4 Å². The molecule has 0 spiro atoms. The second kappa shape index (κ2) is 5.69. The number of amides is 1. The van der Waals surface area contributed by atoms with Crippen molar-refractivity contribution in [2.45, 2.75) is 25.3 Å². The van der Waals surface area contributed by atoms with Gasteiger partial charge in [-0.3, -0.25) is 4.79 Å². The van der Waals surface area contributed by atoms with Crippen LogP contribution in [0.5, 0.6) is 0 Å². The van der Waals surface area contributed by atoms with E-state index in [1.165, 1.54) is 11.3 Å². The van der Waals surface area contributed by atoms with Gasteiger partial charge in [-0.2, -0.15) is 0 Å². The van der Waals surface area contributed by atoms with Crippen molar-refractivity contribution in [3.8, 4) is 0 Å². The van der Waals surface area contributed by atoms with Gasteiger partial charge in [0.1, 0.15) is 4.88 Å². The van der Waals surface area contributed by atoms with Crippen LogP contribution < -0.4 is 5.32 Å². The third-order valence-corrected chi connectivity index (χ3v) is 5.03. The molecule has 1 aliphatic heterocycles. The van der Waals surface area contributed by atoms with Crippen LogP contribution >= 0.6 is 27.3 Å². The standard InChI is InChI=1S/C12H16BrNO3S/c1-8-6-9(13)10(18-8)11(16)14-12(2-4-15)3-5-17-7-12/h6,15H,2-5,7H2,1H3,(H,14,16). The number of ether oxygens (including phenoxy) is 1. The van der Waals surface area contributed by atoms with E-state index in [-0.39, 0.29) is 12.5 Å². The number of aliphatic hydroxyl groups is 1. The molecule has 0 bridgehead atoms. The summed E-state index contributed by atoms with van der Waals surface area (Å²) in [5, 5.41) is 12.1. The van der Waals surface area contributed by atoms with E-state index in [0.29, 0.717) is 24.5 Å². The lowest BCUT2D eigenvalue weighted by atomic mass is 9.94. The van der Waals surface area contributed by atoms with Gasteiger partial charge in [-0.15, -0.1) is 11.3 Å². The topological polar surface area (TPSA) is 58.6 Å². The maximum atomic E-state index is 12.2. The largest absolute Gasteiger partial charge is 0.396 e. The smallest absolute Gasteiger partial charge is 0.263 e. The fourth-order valence-electron chi connectivity index (χ4n) is 2.12. The average molecular weight is 334 g/mol. The molecule has 4 nitrogen and oxygen atoms in total. The van der Waals surface area contributed by atoms with Gasteiger partial charge in [0.2, 0.25) is 0 Å². The zero-order valence-electron chi connectivity index (χ0n) is 10.2. The maximum absolute atomic E-state index is 12.2. The lowest BCUT2D eigenvalue weighted by Gasteiger charge is -2.27. The number of aryl methyl sites for hydroxylation is 1. The van der Waals surface area contributed by atoms with Gasteiger partial charge in [-0.05, 0) is 41.8 Å². The van der Waals surface area contributed by atoms with Crippen molar-refractivity contribution in [3.63, 3.8) is 0 Å². The molecule has 1 aliphatic rings. The van der Waals surface area contributed by atoms with Crippen LogP contribution in [0.2, 0.25) is 0 Å². The van der Waals surface area contributed by atoms with Crippen LogP contribution in [-0.2, 0) is 4.74 Å². The maximum Gasteiger partial charge on any atom is 0.263 e. The molecule has 0 radical (unpaired) electrons. The third kappa shape index (κ3) is 2.93. The van der Waals surface area contributed by atoms with E-state index >= 15 is 0 Å². The summed E-state index contributed by atoms with van der Waals surface area (Å²) in [6.07, 6.45) is 1.28. The summed E-state index contributed by atoms with van der Waals surface area (Å²) in [6.45, 7) is 3.12. The Bertz CT molecular complexity index is 441. The van der Waals surface area contributed by atoms with E-state index in [1.54, 1.807) is 0 Å². The predicted molar refractivity (Wildman–Crippen MR) is 74.1 cm³/mol. The van der Waals surface area contributed by atoms with Crippen molar-refractivity contribution < 1.29 is 14.6 Å². The van der Waals surface area contributed by atoms with Crippen molar-refractivity contribution in [2.24, 2.45) is 0 Å². The van der Waals surface area contributed by atoms with E-state index in [0.717, 1.165) is 15.8 Å². The first-order chi connectivity index (χ1) is 8.56. The lowest BCUT2D eigenvalue weighted by Crippen LogP contribution is -2.49. The molecule has 1 aromatic heterocycles. The summed E-state index contributed by atoms with van der Waals surface area (Å²) in [6, 6.07) is 1.93.